The fourth-order valence-electron chi connectivity index (χ4n) is 1.15. The Kier molecular flexibility index (Phi) is 4.57. The Morgan fingerprint density at radius 2 is 2.00 bits per heavy atom. The lowest BCUT2D eigenvalue weighted by Crippen LogP contribution is -2.36. The van der Waals surface area contributed by atoms with Crippen LogP contribution >= 0.6 is 0 Å². The van der Waals surface area contributed by atoms with E-state index in [1.807, 2.05) is 0 Å². The summed E-state index contributed by atoms with van der Waals surface area (Å²) in [5.74, 6) is -2.48. The van der Waals surface area contributed by atoms with Gasteiger partial charge in [-0.25, -0.2) is 8.78 Å². The largest absolute Gasteiger partial charge is 0.460 e. The summed E-state index contributed by atoms with van der Waals surface area (Å²) < 4.78 is 30.4. The molecule has 0 aliphatic heterocycles. The van der Waals surface area contributed by atoms with Gasteiger partial charge in [-0.05, 0) is 23.6 Å². The van der Waals surface area contributed by atoms with E-state index in [1.165, 1.54) is 6.07 Å². The number of carbonyl (C=O) groups excluding carboxylic acids is 1. The van der Waals surface area contributed by atoms with E-state index in [1.54, 1.807) is 13.8 Å². The number of carbonyl (C=O) groups is 1. The number of halogens is 2. The van der Waals surface area contributed by atoms with Crippen molar-refractivity contribution in [3.63, 3.8) is 0 Å². The van der Waals surface area contributed by atoms with E-state index in [0.29, 0.717) is 5.56 Å². The lowest BCUT2D eigenvalue weighted by Gasteiger charge is -2.14. The molecule has 0 aliphatic carbocycles. The molecule has 1 aromatic carbocycles. The normalized spacial score (nSPS) is 12.6. The third-order valence-electron chi connectivity index (χ3n) is 2.36. The number of ether oxygens (including phenoxy) is 1. The van der Waals surface area contributed by atoms with Crippen molar-refractivity contribution in [2.24, 2.45) is 11.7 Å². The number of esters is 1. The molecule has 1 rings (SSSR count). The molecule has 1 aromatic rings. The third kappa shape index (κ3) is 3.78. The van der Waals surface area contributed by atoms with Crippen LogP contribution in [0.25, 0.3) is 0 Å². The zero-order chi connectivity index (χ0) is 13.0. The van der Waals surface area contributed by atoms with E-state index >= 15 is 0 Å². The molecule has 5 heteroatoms. The number of nitrogens with two attached hydrogens (primary N) is 1. The Morgan fingerprint density at radius 1 is 1.35 bits per heavy atom. The van der Waals surface area contributed by atoms with Gasteiger partial charge in [0.1, 0.15) is 12.6 Å². The van der Waals surface area contributed by atoms with Crippen LogP contribution in [0.3, 0.4) is 0 Å². The summed E-state index contributed by atoms with van der Waals surface area (Å²) in [7, 11) is 0. The first-order chi connectivity index (χ1) is 7.91. The van der Waals surface area contributed by atoms with Gasteiger partial charge in [0, 0.05) is 0 Å². The molecule has 17 heavy (non-hydrogen) atoms. The van der Waals surface area contributed by atoms with Crippen LogP contribution in [0.15, 0.2) is 18.2 Å². The van der Waals surface area contributed by atoms with Gasteiger partial charge in [0.25, 0.3) is 0 Å². The monoisotopic (exact) mass is 243 g/mol. The maximum Gasteiger partial charge on any atom is 0.323 e. The zero-order valence-electron chi connectivity index (χ0n) is 9.74. The van der Waals surface area contributed by atoms with Gasteiger partial charge in [0.05, 0.1) is 0 Å². The molecule has 94 valence electrons. The number of rotatable bonds is 4. The van der Waals surface area contributed by atoms with Crippen molar-refractivity contribution in [1.29, 1.82) is 0 Å². The summed E-state index contributed by atoms with van der Waals surface area (Å²) in [6.07, 6.45) is 0. The van der Waals surface area contributed by atoms with E-state index < -0.39 is 23.6 Å². The molecule has 0 aliphatic rings. The molecule has 0 bridgehead atoms. The summed E-state index contributed by atoms with van der Waals surface area (Å²) in [6.45, 7) is 3.48. The first kappa shape index (κ1) is 13.6. The van der Waals surface area contributed by atoms with Gasteiger partial charge in [-0.2, -0.15) is 0 Å². The van der Waals surface area contributed by atoms with Crippen LogP contribution in [0.1, 0.15) is 19.4 Å². The van der Waals surface area contributed by atoms with Gasteiger partial charge in [-0.1, -0.05) is 19.9 Å². The van der Waals surface area contributed by atoms with Gasteiger partial charge >= 0.3 is 5.97 Å². The van der Waals surface area contributed by atoms with Crippen LogP contribution in [0, 0.1) is 17.6 Å². The van der Waals surface area contributed by atoms with Crippen LogP contribution in [-0.4, -0.2) is 12.0 Å². The molecule has 1 atom stereocenters. The van der Waals surface area contributed by atoms with Crippen LogP contribution in [-0.2, 0) is 16.1 Å². The van der Waals surface area contributed by atoms with E-state index in [2.05, 4.69) is 0 Å². The Balaban J connectivity index is 2.56. The number of hydrogen-bond donors (Lipinski definition) is 1. The summed E-state index contributed by atoms with van der Waals surface area (Å²) in [5, 5.41) is 0. The minimum atomic E-state index is -0.966. The van der Waals surface area contributed by atoms with Gasteiger partial charge < -0.3 is 10.5 Å². The molecule has 0 spiro atoms. The molecule has 3 nitrogen and oxygen atoms in total. The van der Waals surface area contributed by atoms with Crippen LogP contribution in [0.4, 0.5) is 8.78 Å². The third-order valence-corrected chi connectivity index (χ3v) is 2.36. The highest BCUT2D eigenvalue weighted by Crippen LogP contribution is 2.10. The van der Waals surface area contributed by atoms with Crippen molar-refractivity contribution in [2.45, 2.75) is 26.5 Å². The first-order valence-electron chi connectivity index (χ1n) is 5.28. The Labute approximate surface area is 98.6 Å². The molecular formula is C12H15F2NO2. The predicted octanol–water partition coefficient (Wildman–Crippen LogP) is 1.99. The van der Waals surface area contributed by atoms with Crippen LogP contribution in [0.5, 0.6) is 0 Å². The molecule has 0 aromatic heterocycles. The van der Waals surface area contributed by atoms with Crippen molar-refractivity contribution >= 4 is 5.97 Å². The first-order valence-corrected chi connectivity index (χ1v) is 5.28. The fraction of sp³-hybridized carbons (Fsp3) is 0.417. The molecule has 0 saturated heterocycles. The highest BCUT2D eigenvalue weighted by molar-refractivity contribution is 5.75. The lowest BCUT2D eigenvalue weighted by molar-refractivity contribution is -0.147. The highest BCUT2D eigenvalue weighted by atomic mass is 19.2. The van der Waals surface area contributed by atoms with Crippen molar-refractivity contribution in [1.82, 2.24) is 0 Å². The van der Waals surface area contributed by atoms with Crippen molar-refractivity contribution in [3.8, 4) is 0 Å². The predicted molar refractivity (Wildman–Crippen MR) is 59.0 cm³/mol. The Bertz CT molecular complexity index is 407. The highest BCUT2D eigenvalue weighted by Gasteiger charge is 2.18. The van der Waals surface area contributed by atoms with E-state index in [0.717, 1.165) is 12.1 Å². The molecule has 0 radical (unpaired) electrons. The van der Waals surface area contributed by atoms with E-state index in [-0.39, 0.29) is 12.5 Å². The smallest absolute Gasteiger partial charge is 0.323 e. The molecule has 0 heterocycles. The molecule has 0 saturated carbocycles. The second kappa shape index (κ2) is 5.72. The molecule has 0 amide bonds. The topological polar surface area (TPSA) is 52.3 Å². The minimum Gasteiger partial charge on any atom is -0.460 e. The average molecular weight is 243 g/mol. The van der Waals surface area contributed by atoms with Crippen molar-refractivity contribution in [2.75, 3.05) is 0 Å². The molecule has 0 fully saturated rings. The van der Waals surface area contributed by atoms with Gasteiger partial charge in [0.2, 0.25) is 0 Å². The second-order valence-corrected chi connectivity index (χ2v) is 4.13. The van der Waals surface area contributed by atoms with Gasteiger partial charge in [-0.3, -0.25) is 4.79 Å². The maximum atomic E-state index is 12.9. The summed E-state index contributed by atoms with van der Waals surface area (Å²) in [5.41, 5.74) is 5.95. The summed E-state index contributed by atoms with van der Waals surface area (Å²) >= 11 is 0. The Hall–Kier alpha value is -1.49. The lowest BCUT2D eigenvalue weighted by atomic mass is 10.1. The maximum absolute atomic E-state index is 12.9. The summed E-state index contributed by atoms with van der Waals surface area (Å²) in [4.78, 5) is 11.4. The van der Waals surface area contributed by atoms with Crippen LogP contribution < -0.4 is 5.73 Å². The van der Waals surface area contributed by atoms with Crippen molar-refractivity contribution < 1.29 is 18.3 Å². The average Bonchev–Trinajstić information content (AvgIpc) is 2.29. The molecule has 2 N–H and O–H groups in total. The van der Waals surface area contributed by atoms with E-state index in [4.69, 9.17) is 10.5 Å². The Morgan fingerprint density at radius 3 is 2.53 bits per heavy atom. The zero-order valence-corrected chi connectivity index (χ0v) is 9.74. The minimum absolute atomic E-state index is 0.0348. The fourth-order valence-corrected chi connectivity index (χ4v) is 1.15. The van der Waals surface area contributed by atoms with Crippen LogP contribution in [0.2, 0.25) is 0 Å². The molecular weight excluding hydrogens is 228 g/mol. The number of hydrogen-bond acceptors (Lipinski definition) is 3. The quantitative estimate of drug-likeness (QED) is 0.823. The van der Waals surface area contributed by atoms with Gasteiger partial charge in [-0.15, -0.1) is 0 Å². The summed E-state index contributed by atoms with van der Waals surface area (Å²) in [6, 6.07) is 2.62. The number of benzene rings is 1. The SMILES string of the molecule is CC(C)[C@H](N)C(=O)OCc1ccc(F)c(F)c1. The second-order valence-electron chi connectivity index (χ2n) is 4.13. The molecule has 0 unspecified atom stereocenters. The van der Waals surface area contributed by atoms with Gasteiger partial charge in [0.15, 0.2) is 11.6 Å². The standard InChI is InChI=1S/C12H15F2NO2/c1-7(2)11(15)12(16)17-6-8-3-4-9(13)10(14)5-8/h3-5,7,11H,6,15H2,1-2H3/t11-/m0/s1. The van der Waals surface area contributed by atoms with E-state index in [9.17, 15) is 13.6 Å². The van der Waals surface area contributed by atoms with Crippen molar-refractivity contribution in [3.05, 3.63) is 35.4 Å².